The molecule has 1 saturated carbocycles. The molecule has 0 N–H and O–H groups in total. The molecule has 0 aromatic rings. The number of carbonyl (C=O) groups is 1. The maximum Gasteiger partial charge on any atom is 0.330 e. The largest absolute Gasteiger partial charge is 0.466 e. The minimum absolute atomic E-state index is 0.375. The highest BCUT2D eigenvalue weighted by Crippen LogP contribution is 2.39. The Morgan fingerprint density at radius 2 is 2.00 bits per heavy atom. The Labute approximate surface area is 101 Å². The lowest BCUT2D eigenvalue weighted by molar-refractivity contribution is -0.499. The molecule has 1 aliphatic carbocycles. The highest BCUT2D eigenvalue weighted by Gasteiger charge is 2.45. The zero-order valence-electron chi connectivity index (χ0n) is 10.2. The summed E-state index contributed by atoms with van der Waals surface area (Å²) in [4.78, 5) is 21.8. The van der Waals surface area contributed by atoms with E-state index in [0.717, 1.165) is 25.7 Å². The normalized spacial score (nSPS) is 32.1. The predicted molar refractivity (Wildman–Crippen MR) is 58.9 cm³/mol. The molecular weight excluding hydrogens is 224 g/mol. The van der Waals surface area contributed by atoms with Gasteiger partial charge in [0.1, 0.15) is 5.60 Å². The van der Waals surface area contributed by atoms with Gasteiger partial charge in [0.05, 0.1) is 13.7 Å². The number of rotatable bonds is 2. The van der Waals surface area contributed by atoms with E-state index in [4.69, 9.17) is 14.5 Å². The number of carbonyl (C=O) groups excluding carboxylic acids is 1. The highest BCUT2D eigenvalue weighted by molar-refractivity contribution is 5.81. The third kappa shape index (κ3) is 2.86. The van der Waals surface area contributed by atoms with Gasteiger partial charge in [-0.05, 0) is 25.8 Å². The van der Waals surface area contributed by atoms with Crippen molar-refractivity contribution in [3.8, 4) is 0 Å². The first-order valence-electron chi connectivity index (χ1n) is 5.86. The van der Waals surface area contributed by atoms with Crippen LogP contribution >= 0.6 is 0 Å². The number of methoxy groups -OCH3 is 1. The minimum Gasteiger partial charge on any atom is -0.466 e. The van der Waals surface area contributed by atoms with Crippen LogP contribution in [0, 0.1) is 0 Å². The molecule has 0 radical (unpaired) electrons. The molecule has 0 amide bonds. The molecule has 1 spiro atoms. The van der Waals surface area contributed by atoms with E-state index in [-0.39, 0.29) is 0 Å². The first kappa shape index (κ1) is 12.5. The fraction of sp³-hybridized carbons (Fsp3) is 0.750. The van der Waals surface area contributed by atoms with Crippen molar-refractivity contribution in [3.63, 3.8) is 0 Å². The lowest BCUT2D eigenvalue weighted by atomic mass is 10.1. The van der Waals surface area contributed by atoms with Crippen LogP contribution in [0.4, 0.5) is 0 Å². The summed E-state index contributed by atoms with van der Waals surface area (Å²) in [6, 6.07) is 0. The molecule has 5 heteroatoms. The van der Waals surface area contributed by atoms with Crippen molar-refractivity contribution in [3.05, 3.63) is 12.2 Å². The molecule has 0 aromatic heterocycles. The second kappa shape index (κ2) is 4.76. The van der Waals surface area contributed by atoms with Gasteiger partial charge in [0.25, 0.3) is 0 Å². The second-order valence-electron chi connectivity index (χ2n) is 4.74. The van der Waals surface area contributed by atoms with Gasteiger partial charge in [-0.1, -0.05) is 0 Å². The lowest BCUT2D eigenvalue weighted by Gasteiger charge is -2.40. The van der Waals surface area contributed by atoms with Crippen molar-refractivity contribution in [2.45, 2.75) is 44.0 Å². The Morgan fingerprint density at radius 3 is 2.53 bits per heavy atom. The SMILES string of the molecule is COC(=O)C=CC1(C)COC2(CCCC2)OO1. The Bertz CT molecular complexity index is 307. The quantitative estimate of drug-likeness (QED) is 0.419. The van der Waals surface area contributed by atoms with Crippen LogP contribution in [0.25, 0.3) is 0 Å². The van der Waals surface area contributed by atoms with E-state index >= 15 is 0 Å². The summed E-state index contributed by atoms with van der Waals surface area (Å²) in [7, 11) is 1.33. The molecule has 0 bridgehead atoms. The second-order valence-corrected chi connectivity index (χ2v) is 4.74. The maximum absolute atomic E-state index is 11.0. The van der Waals surface area contributed by atoms with E-state index in [1.165, 1.54) is 13.2 Å². The molecule has 1 aliphatic heterocycles. The van der Waals surface area contributed by atoms with Gasteiger partial charge in [0.15, 0.2) is 0 Å². The summed E-state index contributed by atoms with van der Waals surface area (Å²) in [5.74, 6) is -0.977. The summed E-state index contributed by atoms with van der Waals surface area (Å²) < 4.78 is 10.3. The van der Waals surface area contributed by atoms with Crippen LogP contribution in [0.15, 0.2) is 12.2 Å². The fourth-order valence-corrected chi connectivity index (χ4v) is 2.02. The van der Waals surface area contributed by atoms with Gasteiger partial charge in [0.2, 0.25) is 5.79 Å². The molecule has 1 saturated heterocycles. The smallest absolute Gasteiger partial charge is 0.330 e. The first-order valence-corrected chi connectivity index (χ1v) is 5.86. The summed E-state index contributed by atoms with van der Waals surface area (Å²) >= 11 is 0. The third-order valence-corrected chi connectivity index (χ3v) is 3.14. The molecule has 17 heavy (non-hydrogen) atoms. The van der Waals surface area contributed by atoms with E-state index < -0.39 is 17.4 Å². The van der Waals surface area contributed by atoms with Crippen LogP contribution in [0.2, 0.25) is 0 Å². The van der Waals surface area contributed by atoms with Crippen molar-refractivity contribution in [2.75, 3.05) is 13.7 Å². The fourth-order valence-electron chi connectivity index (χ4n) is 2.02. The van der Waals surface area contributed by atoms with Gasteiger partial charge >= 0.3 is 5.97 Å². The summed E-state index contributed by atoms with van der Waals surface area (Å²) in [5, 5.41) is 0. The van der Waals surface area contributed by atoms with E-state index in [0.29, 0.717) is 6.61 Å². The molecule has 96 valence electrons. The summed E-state index contributed by atoms with van der Waals surface area (Å²) in [5.41, 5.74) is -0.734. The number of esters is 1. The van der Waals surface area contributed by atoms with Gasteiger partial charge in [-0.3, -0.25) is 0 Å². The van der Waals surface area contributed by atoms with Crippen LogP contribution in [0.3, 0.4) is 0 Å². The van der Waals surface area contributed by atoms with Crippen molar-refractivity contribution in [2.24, 2.45) is 0 Å². The summed E-state index contributed by atoms with van der Waals surface area (Å²) in [6.07, 6.45) is 6.84. The maximum atomic E-state index is 11.0. The Hall–Kier alpha value is -0.910. The monoisotopic (exact) mass is 242 g/mol. The molecule has 1 unspecified atom stereocenters. The van der Waals surface area contributed by atoms with Gasteiger partial charge in [-0.2, -0.15) is 0 Å². The molecule has 2 aliphatic rings. The highest BCUT2D eigenvalue weighted by atomic mass is 17.2. The number of hydrogen-bond acceptors (Lipinski definition) is 5. The van der Waals surface area contributed by atoms with Crippen molar-refractivity contribution in [1.29, 1.82) is 0 Å². The predicted octanol–water partition coefficient (Wildman–Crippen LogP) is 1.72. The molecule has 2 fully saturated rings. The van der Waals surface area contributed by atoms with Gasteiger partial charge < -0.3 is 9.47 Å². The van der Waals surface area contributed by atoms with Crippen LogP contribution in [0.5, 0.6) is 0 Å². The summed E-state index contributed by atoms with van der Waals surface area (Å²) in [6.45, 7) is 2.18. The molecule has 2 rings (SSSR count). The van der Waals surface area contributed by atoms with E-state index in [9.17, 15) is 4.79 Å². The standard InChI is InChI=1S/C12H18O5/c1-11(8-5-10(13)14-2)9-15-12(17-16-11)6-3-4-7-12/h5,8H,3-4,6-7,9H2,1-2H3. The molecule has 0 aromatic carbocycles. The van der Waals surface area contributed by atoms with Crippen molar-refractivity contribution in [1.82, 2.24) is 0 Å². The average molecular weight is 242 g/mol. The molecular formula is C12H18O5. The average Bonchev–Trinajstić information content (AvgIpc) is 2.80. The van der Waals surface area contributed by atoms with Gasteiger partial charge in [-0.25, -0.2) is 14.6 Å². The van der Waals surface area contributed by atoms with E-state index in [1.54, 1.807) is 13.0 Å². The van der Waals surface area contributed by atoms with Crippen molar-refractivity contribution < 1.29 is 24.0 Å². The van der Waals surface area contributed by atoms with Gasteiger partial charge in [-0.15, -0.1) is 0 Å². The Balaban J connectivity index is 1.92. The van der Waals surface area contributed by atoms with Crippen LogP contribution < -0.4 is 0 Å². The minimum atomic E-state index is -0.734. The van der Waals surface area contributed by atoms with Crippen LogP contribution in [-0.2, 0) is 24.0 Å². The van der Waals surface area contributed by atoms with E-state index in [2.05, 4.69) is 4.74 Å². The number of ether oxygens (including phenoxy) is 2. The van der Waals surface area contributed by atoms with E-state index in [1.807, 2.05) is 0 Å². The zero-order valence-corrected chi connectivity index (χ0v) is 10.2. The first-order chi connectivity index (χ1) is 8.08. The van der Waals surface area contributed by atoms with Crippen LogP contribution in [-0.4, -0.2) is 31.1 Å². The third-order valence-electron chi connectivity index (χ3n) is 3.14. The topological polar surface area (TPSA) is 54.0 Å². The zero-order chi connectivity index (χ0) is 12.4. The van der Waals surface area contributed by atoms with Gasteiger partial charge in [0, 0.05) is 18.9 Å². The Kier molecular flexibility index (Phi) is 3.51. The Morgan fingerprint density at radius 1 is 1.29 bits per heavy atom. The number of hydrogen-bond donors (Lipinski definition) is 0. The molecule has 1 heterocycles. The lowest BCUT2D eigenvalue weighted by Crippen LogP contribution is -2.48. The van der Waals surface area contributed by atoms with Crippen molar-refractivity contribution >= 4 is 5.97 Å². The molecule has 1 atom stereocenters. The molecule has 5 nitrogen and oxygen atoms in total. The van der Waals surface area contributed by atoms with Crippen LogP contribution in [0.1, 0.15) is 32.6 Å².